The van der Waals surface area contributed by atoms with Gasteiger partial charge in [-0.15, -0.1) is 0 Å². The van der Waals surface area contributed by atoms with Crippen molar-refractivity contribution in [2.24, 2.45) is 11.8 Å². The van der Waals surface area contributed by atoms with Gasteiger partial charge in [0.05, 0.1) is 17.5 Å². The molecule has 25 heavy (non-hydrogen) atoms. The molecule has 0 unspecified atom stereocenters. The zero-order valence-corrected chi connectivity index (χ0v) is 12.8. The number of carbonyl (C=O) groups excluding carboxylic acids is 1. The summed E-state index contributed by atoms with van der Waals surface area (Å²) >= 11 is 0. The highest BCUT2D eigenvalue weighted by Gasteiger charge is 2.53. The molecule has 0 bridgehead atoms. The number of aliphatic carboxylic acids is 1. The van der Waals surface area contributed by atoms with Gasteiger partial charge < -0.3 is 10.0 Å². The summed E-state index contributed by atoms with van der Waals surface area (Å²) in [5.74, 6) is -6.02. The molecule has 0 spiro atoms. The van der Waals surface area contributed by atoms with Gasteiger partial charge in [-0.1, -0.05) is 18.2 Å². The van der Waals surface area contributed by atoms with Gasteiger partial charge in [-0.2, -0.15) is 18.3 Å². The van der Waals surface area contributed by atoms with Crippen molar-refractivity contribution in [2.45, 2.75) is 6.18 Å². The number of carboxylic acids is 1. The molecular weight excluding hydrogens is 339 g/mol. The number of likely N-dealkylation sites (tertiary alicyclic amines) is 1. The number of rotatable bonds is 3. The zero-order chi connectivity index (χ0) is 18.2. The lowest BCUT2D eigenvalue weighted by Gasteiger charge is -2.18. The number of hydrogen-bond donors (Lipinski definition) is 1. The minimum absolute atomic E-state index is 0.0317. The predicted octanol–water partition coefficient (Wildman–Crippen LogP) is 2.21. The van der Waals surface area contributed by atoms with Gasteiger partial charge in [-0.3, -0.25) is 9.59 Å². The molecule has 1 fully saturated rings. The standard InChI is InChI=1S/C16H14F3N3O3/c17-16(18,19)12-9-21(8-11(12)15(24)25)14(23)13-6-7-22(20-13)10-4-2-1-3-5-10/h1-7,11-12H,8-9H2,(H,24,25)/t11-,12-/m1/s1. The molecule has 2 heterocycles. The quantitative estimate of drug-likeness (QED) is 0.918. The zero-order valence-electron chi connectivity index (χ0n) is 12.8. The van der Waals surface area contributed by atoms with Crippen LogP contribution in [0.3, 0.4) is 0 Å². The largest absolute Gasteiger partial charge is 0.481 e. The number of para-hydroxylation sites is 1. The first-order valence-electron chi connectivity index (χ1n) is 7.47. The van der Waals surface area contributed by atoms with E-state index in [1.807, 2.05) is 6.07 Å². The molecule has 1 N–H and O–H groups in total. The molecule has 132 valence electrons. The summed E-state index contributed by atoms with van der Waals surface area (Å²) in [6.07, 6.45) is -3.16. The van der Waals surface area contributed by atoms with Gasteiger partial charge in [0.1, 0.15) is 0 Å². The van der Waals surface area contributed by atoms with Crippen molar-refractivity contribution in [2.75, 3.05) is 13.1 Å². The van der Waals surface area contributed by atoms with E-state index < -0.39 is 43.0 Å². The minimum Gasteiger partial charge on any atom is -0.481 e. The van der Waals surface area contributed by atoms with E-state index in [2.05, 4.69) is 5.10 Å². The second kappa shape index (κ2) is 6.23. The van der Waals surface area contributed by atoms with Crippen LogP contribution in [0.4, 0.5) is 13.2 Å². The number of alkyl halides is 3. The van der Waals surface area contributed by atoms with E-state index in [1.54, 1.807) is 24.3 Å². The second-order valence-corrected chi connectivity index (χ2v) is 5.78. The lowest BCUT2D eigenvalue weighted by atomic mass is 9.96. The van der Waals surface area contributed by atoms with Gasteiger partial charge in [0.2, 0.25) is 0 Å². The lowest BCUT2D eigenvalue weighted by molar-refractivity contribution is -0.187. The first kappa shape index (κ1) is 17.0. The van der Waals surface area contributed by atoms with Crippen molar-refractivity contribution in [3.63, 3.8) is 0 Å². The molecule has 1 aliphatic heterocycles. The molecule has 1 saturated heterocycles. The first-order valence-corrected chi connectivity index (χ1v) is 7.47. The Hall–Kier alpha value is -2.84. The Morgan fingerprint density at radius 3 is 2.36 bits per heavy atom. The van der Waals surface area contributed by atoms with Crippen LogP contribution < -0.4 is 0 Å². The fraction of sp³-hybridized carbons (Fsp3) is 0.312. The van der Waals surface area contributed by atoms with Gasteiger partial charge in [0, 0.05) is 19.3 Å². The molecule has 1 aromatic heterocycles. The Morgan fingerprint density at radius 1 is 1.12 bits per heavy atom. The maximum Gasteiger partial charge on any atom is 0.394 e. The van der Waals surface area contributed by atoms with Crippen molar-refractivity contribution in [1.82, 2.24) is 14.7 Å². The Morgan fingerprint density at radius 2 is 1.80 bits per heavy atom. The van der Waals surface area contributed by atoms with Crippen LogP contribution in [0.1, 0.15) is 10.5 Å². The summed E-state index contributed by atoms with van der Waals surface area (Å²) in [7, 11) is 0. The smallest absolute Gasteiger partial charge is 0.394 e. The molecule has 1 aliphatic rings. The number of benzene rings is 1. The van der Waals surface area contributed by atoms with Crippen molar-refractivity contribution in [1.29, 1.82) is 0 Å². The summed E-state index contributed by atoms with van der Waals surface area (Å²) in [4.78, 5) is 24.4. The average molecular weight is 353 g/mol. The molecule has 0 aliphatic carbocycles. The van der Waals surface area contributed by atoms with Crippen LogP contribution in [0.5, 0.6) is 0 Å². The van der Waals surface area contributed by atoms with E-state index in [0.717, 1.165) is 4.90 Å². The molecule has 0 radical (unpaired) electrons. The topological polar surface area (TPSA) is 75.4 Å². The summed E-state index contributed by atoms with van der Waals surface area (Å²) < 4.78 is 40.5. The average Bonchev–Trinajstić information content (AvgIpc) is 3.22. The summed E-state index contributed by atoms with van der Waals surface area (Å²) in [6, 6.07) is 10.3. The Bertz CT molecular complexity index is 789. The highest BCUT2D eigenvalue weighted by atomic mass is 19.4. The first-order chi connectivity index (χ1) is 11.8. The van der Waals surface area contributed by atoms with Crippen LogP contribution in [0.15, 0.2) is 42.6 Å². The molecule has 9 heteroatoms. The summed E-state index contributed by atoms with van der Waals surface area (Å²) in [5, 5.41) is 13.1. The van der Waals surface area contributed by atoms with Gasteiger partial charge in [0.15, 0.2) is 5.69 Å². The minimum atomic E-state index is -4.68. The van der Waals surface area contributed by atoms with E-state index in [4.69, 9.17) is 5.11 Å². The fourth-order valence-electron chi connectivity index (χ4n) is 2.88. The van der Waals surface area contributed by atoms with Gasteiger partial charge >= 0.3 is 12.1 Å². The number of carboxylic acid groups (broad SMARTS) is 1. The van der Waals surface area contributed by atoms with Crippen LogP contribution in [0.2, 0.25) is 0 Å². The molecule has 6 nitrogen and oxygen atoms in total. The fourth-order valence-corrected chi connectivity index (χ4v) is 2.88. The highest BCUT2D eigenvalue weighted by Crippen LogP contribution is 2.38. The monoisotopic (exact) mass is 353 g/mol. The van der Waals surface area contributed by atoms with E-state index in [9.17, 15) is 22.8 Å². The molecule has 2 atom stereocenters. The molecule has 1 amide bonds. The number of aromatic nitrogens is 2. The van der Waals surface area contributed by atoms with Crippen molar-refractivity contribution in [3.05, 3.63) is 48.3 Å². The Balaban J connectivity index is 1.80. The van der Waals surface area contributed by atoms with E-state index >= 15 is 0 Å². The van der Waals surface area contributed by atoms with E-state index in [1.165, 1.54) is 16.9 Å². The van der Waals surface area contributed by atoms with Crippen molar-refractivity contribution in [3.8, 4) is 5.69 Å². The third-order valence-corrected chi connectivity index (χ3v) is 4.17. The molecule has 1 aromatic carbocycles. The highest BCUT2D eigenvalue weighted by molar-refractivity contribution is 5.93. The SMILES string of the molecule is O=C(O)[C@@H]1CN(C(=O)c2ccn(-c3ccccc3)n2)C[C@H]1C(F)(F)F. The lowest BCUT2D eigenvalue weighted by Crippen LogP contribution is -2.34. The molecular formula is C16H14F3N3O3. The van der Waals surface area contributed by atoms with Gasteiger partial charge in [-0.05, 0) is 18.2 Å². The third kappa shape index (κ3) is 3.35. The van der Waals surface area contributed by atoms with E-state index in [-0.39, 0.29) is 5.69 Å². The van der Waals surface area contributed by atoms with Crippen LogP contribution in [-0.2, 0) is 4.79 Å². The summed E-state index contributed by atoms with van der Waals surface area (Å²) in [6.45, 7) is -1.17. The molecule has 0 saturated carbocycles. The molecule has 3 rings (SSSR count). The van der Waals surface area contributed by atoms with Gasteiger partial charge in [-0.25, -0.2) is 4.68 Å². The van der Waals surface area contributed by atoms with Crippen LogP contribution in [0, 0.1) is 11.8 Å². The maximum absolute atomic E-state index is 13.0. The van der Waals surface area contributed by atoms with Crippen molar-refractivity contribution >= 4 is 11.9 Å². The summed E-state index contributed by atoms with van der Waals surface area (Å²) in [5.41, 5.74) is 0.662. The van der Waals surface area contributed by atoms with Gasteiger partial charge in [0.25, 0.3) is 5.91 Å². The number of carbonyl (C=O) groups is 2. The predicted molar refractivity (Wildman–Crippen MR) is 80.1 cm³/mol. The number of halogens is 3. The normalized spacial score (nSPS) is 20.7. The van der Waals surface area contributed by atoms with Crippen LogP contribution in [0.25, 0.3) is 5.69 Å². The maximum atomic E-state index is 13.0. The van der Waals surface area contributed by atoms with Crippen molar-refractivity contribution < 1.29 is 27.9 Å². The van der Waals surface area contributed by atoms with Crippen LogP contribution >= 0.6 is 0 Å². The second-order valence-electron chi connectivity index (χ2n) is 5.78. The Kier molecular flexibility index (Phi) is 4.23. The van der Waals surface area contributed by atoms with Crippen LogP contribution in [-0.4, -0.2) is 50.9 Å². The molecule has 2 aromatic rings. The van der Waals surface area contributed by atoms with E-state index in [0.29, 0.717) is 5.69 Å². The Labute approximate surface area is 140 Å². The number of nitrogens with zero attached hydrogens (tertiary/aromatic N) is 3. The third-order valence-electron chi connectivity index (χ3n) is 4.17. The number of amides is 1. The number of hydrogen-bond acceptors (Lipinski definition) is 3.